The molecule has 1 rings (SSSR count). The molecule has 0 saturated heterocycles. The van der Waals surface area contributed by atoms with Gasteiger partial charge < -0.3 is 15.6 Å². The van der Waals surface area contributed by atoms with Crippen LogP contribution in [-0.4, -0.2) is 23.6 Å². The minimum absolute atomic E-state index is 0.124. The fourth-order valence-corrected chi connectivity index (χ4v) is 2.53. The monoisotopic (exact) mass is 379 g/mol. The van der Waals surface area contributed by atoms with Crippen LogP contribution in [0.1, 0.15) is 17.3 Å². The quantitative estimate of drug-likeness (QED) is 0.820. The van der Waals surface area contributed by atoms with Gasteiger partial charge in [0.25, 0.3) is 0 Å². The third-order valence-corrected chi connectivity index (χ3v) is 3.39. The second kappa shape index (κ2) is 6.19. The molecule has 0 saturated carbocycles. The molecule has 18 heavy (non-hydrogen) atoms. The molecule has 0 aromatic heterocycles. The van der Waals surface area contributed by atoms with E-state index in [0.717, 1.165) is 0 Å². The van der Waals surface area contributed by atoms with Crippen molar-refractivity contribution >= 4 is 43.7 Å². The summed E-state index contributed by atoms with van der Waals surface area (Å²) in [6.45, 7) is 1.77. The maximum absolute atomic E-state index is 10.9. The normalized spacial score (nSPS) is 11.9. The van der Waals surface area contributed by atoms with Crippen LogP contribution in [0.3, 0.4) is 0 Å². The number of primary amides is 1. The average Bonchev–Trinajstić information content (AvgIpc) is 2.26. The second-order valence-electron chi connectivity index (χ2n) is 3.69. The number of aromatic carboxylic acids is 1. The molecule has 98 valence electrons. The van der Waals surface area contributed by atoms with Crippen molar-refractivity contribution in [1.29, 1.82) is 0 Å². The Morgan fingerprint density at radius 1 is 1.39 bits per heavy atom. The number of nitrogens with two attached hydrogens (primary N) is 1. The summed E-state index contributed by atoms with van der Waals surface area (Å²) in [6.07, 6.45) is 0. The van der Waals surface area contributed by atoms with Gasteiger partial charge in [-0.3, -0.25) is 4.79 Å². The van der Waals surface area contributed by atoms with Crippen molar-refractivity contribution in [3.8, 4) is 5.75 Å². The lowest BCUT2D eigenvalue weighted by Crippen LogP contribution is -2.25. The first kappa shape index (κ1) is 15.0. The number of halogens is 2. The summed E-state index contributed by atoms with van der Waals surface area (Å²) in [6, 6.07) is 2.86. The van der Waals surface area contributed by atoms with Crippen LogP contribution in [0, 0.1) is 5.92 Å². The van der Waals surface area contributed by atoms with E-state index in [4.69, 9.17) is 15.6 Å². The topological polar surface area (TPSA) is 89.6 Å². The standard InChI is InChI=1S/C11H11Br2NO4/c1-5(10(14)15)4-18-9-7(12)2-6(11(16)17)3-8(9)13/h2-3,5H,4H2,1H3,(H2,14,15)(H,16,17). The van der Waals surface area contributed by atoms with E-state index in [1.165, 1.54) is 12.1 Å². The van der Waals surface area contributed by atoms with Gasteiger partial charge in [-0.05, 0) is 44.0 Å². The lowest BCUT2D eigenvalue weighted by atomic mass is 10.2. The van der Waals surface area contributed by atoms with Crippen LogP contribution in [0.25, 0.3) is 0 Å². The van der Waals surface area contributed by atoms with E-state index in [1.54, 1.807) is 6.92 Å². The van der Waals surface area contributed by atoms with Gasteiger partial charge in [0, 0.05) is 0 Å². The van der Waals surface area contributed by atoms with Crippen LogP contribution >= 0.6 is 31.9 Å². The van der Waals surface area contributed by atoms with Crippen LogP contribution in [0.15, 0.2) is 21.1 Å². The molecule has 0 aliphatic rings. The SMILES string of the molecule is CC(COc1c(Br)cc(C(=O)O)cc1Br)C(N)=O. The second-order valence-corrected chi connectivity index (χ2v) is 5.40. The Kier molecular flexibility index (Phi) is 5.15. The Morgan fingerprint density at radius 3 is 2.28 bits per heavy atom. The van der Waals surface area contributed by atoms with Gasteiger partial charge in [0.1, 0.15) is 5.75 Å². The van der Waals surface area contributed by atoms with Crippen molar-refractivity contribution in [2.45, 2.75) is 6.92 Å². The molecule has 3 N–H and O–H groups in total. The third-order valence-electron chi connectivity index (χ3n) is 2.21. The number of carbonyl (C=O) groups is 2. The summed E-state index contributed by atoms with van der Waals surface area (Å²) in [5, 5.41) is 8.87. The summed E-state index contributed by atoms with van der Waals surface area (Å²) >= 11 is 6.44. The van der Waals surface area contributed by atoms with E-state index in [9.17, 15) is 9.59 Å². The van der Waals surface area contributed by atoms with E-state index >= 15 is 0 Å². The lowest BCUT2D eigenvalue weighted by molar-refractivity contribution is -0.122. The third kappa shape index (κ3) is 3.71. The first-order valence-electron chi connectivity index (χ1n) is 4.97. The molecule has 1 atom stereocenters. The average molecular weight is 381 g/mol. The predicted octanol–water partition coefficient (Wildman–Crippen LogP) is 2.41. The first-order chi connectivity index (χ1) is 8.32. The molecule has 0 radical (unpaired) electrons. The van der Waals surface area contributed by atoms with E-state index < -0.39 is 17.8 Å². The van der Waals surface area contributed by atoms with E-state index in [1.807, 2.05) is 0 Å². The van der Waals surface area contributed by atoms with Crippen LogP contribution in [-0.2, 0) is 4.79 Å². The van der Waals surface area contributed by atoms with Gasteiger partial charge in [-0.2, -0.15) is 0 Å². The number of benzene rings is 1. The van der Waals surface area contributed by atoms with Crippen molar-refractivity contribution in [2.75, 3.05) is 6.61 Å². The Morgan fingerprint density at radius 2 is 1.89 bits per heavy atom. The molecule has 1 aromatic carbocycles. The maximum Gasteiger partial charge on any atom is 0.335 e. The molecule has 7 heteroatoms. The number of hydrogen-bond donors (Lipinski definition) is 2. The molecule has 0 bridgehead atoms. The van der Waals surface area contributed by atoms with Crippen LogP contribution < -0.4 is 10.5 Å². The smallest absolute Gasteiger partial charge is 0.335 e. The Bertz CT molecular complexity index is 467. The lowest BCUT2D eigenvalue weighted by Gasteiger charge is -2.13. The largest absolute Gasteiger partial charge is 0.490 e. The Hall–Kier alpha value is -1.08. The van der Waals surface area contributed by atoms with E-state index in [0.29, 0.717) is 14.7 Å². The summed E-state index contributed by atoms with van der Waals surface area (Å²) in [5.74, 6) is -1.48. The maximum atomic E-state index is 10.9. The molecule has 1 amide bonds. The highest BCUT2D eigenvalue weighted by molar-refractivity contribution is 9.11. The van der Waals surface area contributed by atoms with Crippen LogP contribution in [0.5, 0.6) is 5.75 Å². The summed E-state index contributed by atoms with van der Waals surface area (Å²) in [4.78, 5) is 21.7. The van der Waals surface area contributed by atoms with Gasteiger partial charge in [0.05, 0.1) is 27.0 Å². The molecular weight excluding hydrogens is 370 g/mol. The minimum Gasteiger partial charge on any atom is -0.490 e. The van der Waals surface area contributed by atoms with Gasteiger partial charge in [-0.25, -0.2) is 4.79 Å². The summed E-state index contributed by atoms with van der Waals surface area (Å²) < 4.78 is 6.42. The van der Waals surface area contributed by atoms with E-state index in [-0.39, 0.29) is 12.2 Å². The fourth-order valence-electron chi connectivity index (χ4n) is 1.11. The van der Waals surface area contributed by atoms with Gasteiger partial charge >= 0.3 is 5.97 Å². The van der Waals surface area contributed by atoms with Crippen molar-refractivity contribution in [3.05, 3.63) is 26.6 Å². The highest BCUT2D eigenvalue weighted by atomic mass is 79.9. The van der Waals surface area contributed by atoms with Crippen molar-refractivity contribution in [2.24, 2.45) is 11.7 Å². The number of carboxylic acids is 1. The zero-order valence-electron chi connectivity index (χ0n) is 9.44. The van der Waals surface area contributed by atoms with Crippen molar-refractivity contribution < 1.29 is 19.4 Å². The molecular formula is C11H11Br2NO4. The fraction of sp³-hybridized carbons (Fsp3) is 0.273. The van der Waals surface area contributed by atoms with Gasteiger partial charge in [-0.15, -0.1) is 0 Å². The Balaban J connectivity index is 2.90. The summed E-state index contributed by atoms with van der Waals surface area (Å²) in [5.41, 5.74) is 5.25. The molecule has 0 aliphatic heterocycles. The molecule has 1 unspecified atom stereocenters. The molecule has 1 aromatic rings. The number of carboxylic acid groups (broad SMARTS) is 1. The van der Waals surface area contributed by atoms with Gasteiger partial charge in [0.2, 0.25) is 5.91 Å². The molecule has 0 fully saturated rings. The molecule has 0 aliphatic carbocycles. The van der Waals surface area contributed by atoms with E-state index in [2.05, 4.69) is 31.9 Å². The zero-order valence-corrected chi connectivity index (χ0v) is 12.6. The number of rotatable bonds is 5. The number of carbonyl (C=O) groups excluding carboxylic acids is 1. The van der Waals surface area contributed by atoms with Crippen LogP contribution in [0.4, 0.5) is 0 Å². The number of hydrogen-bond acceptors (Lipinski definition) is 3. The number of ether oxygens (including phenoxy) is 1. The highest BCUT2D eigenvalue weighted by Crippen LogP contribution is 2.35. The summed E-state index contributed by atoms with van der Waals surface area (Å²) in [7, 11) is 0. The van der Waals surface area contributed by atoms with Crippen molar-refractivity contribution in [1.82, 2.24) is 0 Å². The molecule has 0 heterocycles. The minimum atomic E-state index is -1.03. The number of amides is 1. The van der Waals surface area contributed by atoms with Gasteiger partial charge in [0.15, 0.2) is 0 Å². The van der Waals surface area contributed by atoms with Crippen molar-refractivity contribution in [3.63, 3.8) is 0 Å². The zero-order chi connectivity index (χ0) is 13.9. The first-order valence-corrected chi connectivity index (χ1v) is 6.56. The predicted molar refractivity (Wildman–Crippen MR) is 72.7 cm³/mol. The highest BCUT2D eigenvalue weighted by Gasteiger charge is 2.15. The van der Waals surface area contributed by atoms with Crippen LogP contribution in [0.2, 0.25) is 0 Å². The molecule has 5 nitrogen and oxygen atoms in total. The Labute approximate surface area is 121 Å². The van der Waals surface area contributed by atoms with Gasteiger partial charge in [-0.1, -0.05) is 6.92 Å². The molecule has 0 spiro atoms.